The van der Waals surface area contributed by atoms with E-state index in [4.69, 9.17) is 5.11 Å². The van der Waals surface area contributed by atoms with E-state index in [9.17, 15) is 22.4 Å². The van der Waals surface area contributed by atoms with E-state index in [1.165, 1.54) is 24.3 Å². The Kier molecular flexibility index (Phi) is 4.35. The zero-order valence-electron chi connectivity index (χ0n) is 11.0. The highest BCUT2D eigenvalue weighted by atomic mass is 19.4. The molecule has 2 rings (SSSR count). The summed E-state index contributed by atoms with van der Waals surface area (Å²) in [5.74, 6) is -2.24. The minimum Gasteiger partial charge on any atom is -0.481 e. The molecule has 0 spiro atoms. The van der Waals surface area contributed by atoms with Crippen LogP contribution < -0.4 is 4.74 Å². The van der Waals surface area contributed by atoms with Crippen molar-refractivity contribution in [1.82, 2.24) is 0 Å². The monoisotopic (exact) mass is 314 g/mol. The molecule has 2 aromatic carbocycles. The average molecular weight is 314 g/mol. The fourth-order valence-corrected chi connectivity index (χ4v) is 1.94. The van der Waals surface area contributed by atoms with Crippen molar-refractivity contribution < 1.29 is 32.2 Å². The first kappa shape index (κ1) is 15.8. The highest BCUT2D eigenvalue weighted by Crippen LogP contribution is 2.30. The third-order valence-corrected chi connectivity index (χ3v) is 2.76. The zero-order chi connectivity index (χ0) is 16.3. The number of halogens is 4. The number of carbonyl (C=O) groups is 1. The fraction of sp³-hybridized carbons (Fsp3) is 0.133. The van der Waals surface area contributed by atoms with Gasteiger partial charge in [0, 0.05) is 5.56 Å². The number of hydrogen-bond donors (Lipinski definition) is 1. The molecular weight excluding hydrogens is 304 g/mol. The van der Waals surface area contributed by atoms with E-state index in [2.05, 4.69) is 4.74 Å². The third kappa shape index (κ3) is 4.21. The Bertz CT molecular complexity index is 695. The lowest BCUT2D eigenvalue weighted by Gasteiger charge is -2.11. The van der Waals surface area contributed by atoms with Crippen LogP contribution in [0.3, 0.4) is 0 Å². The molecule has 0 unspecified atom stereocenters. The lowest BCUT2D eigenvalue weighted by Crippen LogP contribution is -2.17. The first-order valence-corrected chi connectivity index (χ1v) is 6.11. The van der Waals surface area contributed by atoms with E-state index in [1.807, 2.05) is 0 Å². The molecule has 0 aliphatic carbocycles. The van der Waals surface area contributed by atoms with Gasteiger partial charge in [0.25, 0.3) is 0 Å². The molecule has 0 aliphatic heterocycles. The smallest absolute Gasteiger partial charge is 0.481 e. The summed E-state index contributed by atoms with van der Waals surface area (Å²) in [5, 5.41) is 8.73. The average Bonchev–Trinajstić information content (AvgIpc) is 2.39. The largest absolute Gasteiger partial charge is 0.573 e. The number of benzene rings is 2. The Balaban J connectivity index is 2.38. The molecule has 0 bridgehead atoms. The Morgan fingerprint density at radius 3 is 2.50 bits per heavy atom. The van der Waals surface area contributed by atoms with Gasteiger partial charge >= 0.3 is 12.3 Å². The predicted molar refractivity (Wildman–Crippen MR) is 69.9 cm³/mol. The van der Waals surface area contributed by atoms with Gasteiger partial charge in [-0.25, -0.2) is 4.39 Å². The molecule has 0 saturated heterocycles. The molecule has 0 saturated carbocycles. The second-order valence-electron chi connectivity index (χ2n) is 4.46. The van der Waals surface area contributed by atoms with Crippen molar-refractivity contribution in [3.05, 3.63) is 53.8 Å². The van der Waals surface area contributed by atoms with E-state index in [1.54, 1.807) is 0 Å². The van der Waals surface area contributed by atoms with Gasteiger partial charge < -0.3 is 9.84 Å². The summed E-state index contributed by atoms with van der Waals surface area (Å²) in [5.41, 5.74) is 0.504. The Labute approximate surface area is 122 Å². The second-order valence-corrected chi connectivity index (χ2v) is 4.46. The van der Waals surface area contributed by atoms with Crippen molar-refractivity contribution in [1.29, 1.82) is 0 Å². The molecule has 7 heteroatoms. The van der Waals surface area contributed by atoms with Gasteiger partial charge in [0.05, 0.1) is 6.42 Å². The summed E-state index contributed by atoms with van der Waals surface area (Å²) < 4.78 is 54.2. The van der Waals surface area contributed by atoms with Crippen molar-refractivity contribution in [2.24, 2.45) is 0 Å². The van der Waals surface area contributed by atoms with E-state index in [-0.39, 0.29) is 17.5 Å². The zero-order valence-corrected chi connectivity index (χ0v) is 11.0. The van der Waals surface area contributed by atoms with Gasteiger partial charge in [0.1, 0.15) is 11.6 Å². The maximum atomic E-state index is 13.9. The van der Waals surface area contributed by atoms with Crippen molar-refractivity contribution in [2.75, 3.05) is 0 Å². The molecule has 3 nitrogen and oxygen atoms in total. The third-order valence-electron chi connectivity index (χ3n) is 2.76. The van der Waals surface area contributed by atoms with Crippen LogP contribution in [-0.2, 0) is 11.2 Å². The van der Waals surface area contributed by atoms with Crippen LogP contribution in [-0.4, -0.2) is 17.4 Å². The van der Waals surface area contributed by atoms with Crippen LogP contribution in [0.4, 0.5) is 17.6 Å². The number of alkyl halides is 3. The molecule has 2 aromatic rings. The second kappa shape index (κ2) is 6.05. The minimum atomic E-state index is -4.84. The molecule has 0 amide bonds. The number of ether oxygens (including phenoxy) is 1. The summed E-state index contributed by atoms with van der Waals surface area (Å²) in [6.07, 6.45) is -5.16. The number of carboxylic acids is 1. The number of carboxylic acid groups (broad SMARTS) is 1. The Morgan fingerprint density at radius 1 is 1.14 bits per heavy atom. The van der Waals surface area contributed by atoms with Crippen molar-refractivity contribution in [2.45, 2.75) is 12.8 Å². The van der Waals surface area contributed by atoms with Gasteiger partial charge in [-0.3, -0.25) is 4.79 Å². The van der Waals surface area contributed by atoms with Crippen LogP contribution in [0.25, 0.3) is 11.1 Å². The molecule has 0 aromatic heterocycles. The quantitative estimate of drug-likeness (QED) is 0.867. The Hall–Kier alpha value is -2.57. The van der Waals surface area contributed by atoms with Crippen molar-refractivity contribution in [3.63, 3.8) is 0 Å². The van der Waals surface area contributed by atoms with E-state index >= 15 is 0 Å². The van der Waals surface area contributed by atoms with Crippen LogP contribution in [0.5, 0.6) is 5.75 Å². The first-order valence-electron chi connectivity index (χ1n) is 6.11. The predicted octanol–water partition coefficient (Wildman–Crippen LogP) is 4.02. The van der Waals surface area contributed by atoms with Gasteiger partial charge in [0.15, 0.2) is 0 Å². The molecule has 22 heavy (non-hydrogen) atoms. The Morgan fingerprint density at radius 2 is 1.86 bits per heavy atom. The minimum absolute atomic E-state index is 0.00590. The molecule has 0 fully saturated rings. The molecule has 0 radical (unpaired) electrons. The molecule has 0 heterocycles. The molecular formula is C15H10F4O3. The molecule has 0 aliphatic rings. The number of aliphatic carboxylic acids is 1. The van der Waals surface area contributed by atoms with Gasteiger partial charge in [-0.2, -0.15) is 0 Å². The molecule has 116 valence electrons. The van der Waals surface area contributed by atoms with Crippen LogP contribution in [0.1, 0.15) is 5.56 Å². The molecule has 0 atom stereocenters. The van der Waals surface area contributed by atoms with Crippen LogP contribution in [0, 0.1) is 5.82 Å². The highest BCUT2D eigenvalue weighted by Gasteiger charge is 2.31. The molecule has 1 N–H and O–H groups in total. The summed E-state index contributed by atoms with van der Waals surface area (Å²) in [6, 6.07) is 8.50. The topological polar surface area (TPSA) is 46.5 Å². The normalized spacial score (nSPS) is 11.3. The summed E-state index contributed by atoms with van der Waals surface area (Å²) in [7, 11) is 0. The van der Waals surface area contributed by atoms with Gasteiger partial charge in [-0.15, -0.1) is 13.2 Å². The van der Waals surface area contributed by atoms with E-state index in [0.29, 0.717) is 5.56 Å². The summed E-state index contributed by atoms with van der Waals surface area (Å²) >= 11 is 0. The van der Waals surface area contributed by atoms with Crippen molar-refractivity contribution in [3.8, 4) is 16.9 Å². The summed E-state index contributed by atoms with van der Waals surface area (Å²) in [4.78, 5) is 10.7. The van der Waals surface area contributed by atoms with Crippen LogP contribution in [0.15, 0.2) is 42.5 Å². The first-order chi connectivity index (χ1) is 10.2. The lowest BCUT2D eigenvalue weighted by molar-refractivity contribution is -0.274. The van der Waals surface area contributed by atoms with Gasteiger partial charge in [0.2, 0.25) is 0 Å². The van der Waals surface area contributed by atoms with Crippen molar-refractivity contribution >= 4 is 5.97 Å². The maximum Gasteiger partial charge on any atom is 0.573 e. The number of hydrogen-bond acceptors (Lipinski definition) is 2. The van der Waals surface area contributed by atoms with Crippen LogP contribution >= 0.6 is 0 Å². The van der Waals surface area contributed by atoms with Crippen LogP contribution in [0.2, 0.25) is 0 Å². The maximum absolute atomic E-state index is 13.9. The SMILES string of the molecule is O=C(O)Cc1ccc(F)c(-c2cccc(OC(F)(F)F)c2)c1. The van der Waals surface area contributed by atoms with E-state index in [0.717, 1.165) is 18.2 Å². The number of rotatable bonds is 4. The standard InChI is InChI=1S/C15H10F4O3/c16-13-5-4-9(7-14(20)21)6-12(13)10-2-1-3-11(8-10)22-15(17,18)19/h1-6,8H,7H2,(H,20,21). The fourth-order valence-electron chi connectivity index (χ4n) is 1.94. The van der Waals surface area contributed by atoms with Gasteiger partial charge in [-0.05, 0) is 35.4 Å². The summed E-state index contributed by atoms with van der Waals surface area (Å²) in [6.45, 7) is 0. The highest BCUT2D eigenvalue weighted by molar-refractivity contribution is 5.72. The van der Waals surface area contributed by atoms with Gasteiger partial charge in [-0.1, -0.05) is 18.2 Å². The van der Waals surface area contributed by atoms with E-state index < -0.39 is 23.9 Å². The lowest BCUT2D eigenvalue weighted by atomic mass is 10.0.